The number of esters is 1. The first-order valence-electron chi connectivity index (χ1n) is 26.5. The number of fused-ring (bicyclic) bond motifs is 3. The highest BCUT2D eigenvalue weighted by Crippen LogP contribution is 2.39. The minimum absolute atomic E-state index is 0.0249. The van der Waals surface area contributed by atoms with Crippen molar-refractivity contribution in [2.24, 2.45) is 35.3 Å². The third kappa shape index (κ3) is 15.2. The number of ketones is 2. The average molecular weight is 1010 g/mol. The number of hydrogen-bond acceptors (Lipinski definition) is 14. The number of anilines is 1. The lowest BCUT2D eigenvalue weighted by atomic mass is 9.78. The Bertz CT molecular complexity index is 2090. The molecule has 4 aliphatic rings. The molecule has 0 spiro atoms. The highest BCUT2D eigenvalue weighted by atomic mass is 16.6. The van der Waals surface area contributed by atoms with Crippen molar-refractivity contribution in [2.75, 3.05) is 39.8 Å². The summed E-state index contributed by atoms with van der Waals surface area (Å²) in [5, 5.41) is 34.3. The Morgan fingerprint density at radius 2 is 1.64 bits per heavy atom. The number of rotatable bonds is 8. The third-order valence-corrected chi connectivity index (χ3v) is 16.0. The number of nitrogens with two attached hydrogens (primary N) is 1. The van der Waals surface area contributed by atoms with Crippen molar-refractivity contribution in [1.82, 2.24) is 4.90 Å². The first kappa shape index (κ1) is 58.7. The predicted molar refractivity (Wildman–Crippen MR) is 278 cm³/mol. The van der Waals surface area contributed by atoms with E-state index in [9.17, 15) is 34.5 Å². The molecule has 1 aromatic carbocycles. The van der Waals surface area contributed by atoms with Crippen molar-refractivity contribution in [2.45, 2.75) is 186 Å². The van der Waals surface area contributed by atoms with Crippen LogP contribution in [0.3, 0.4) is 0 Å². The van der Waals surface area contributed by atoms with E-state index in [4.69, 9.17) is 29.4 Å². The maximum absolute atomic E-state index is 14.5. The Morgan fingerprint density at radius 3 is 2.35 bits per heavy atom. The van der Waals surface area contributed by atoms with Gasteiger partial charge in [0.25, 0.3) is 11.7 Å². The van der Waals surface area contributed by atoms with Crippen LogP contribution in [0.2, 0.25) is 0 Å². The van der Waals surface area contributed by atoms with E-state index in [1.807, 2.05) is 89.4 Å². The van der Waals surface area contributed by atoms with Gasteiger partial charge in [-0.1, -0.05) is 75.8 Å². The lowest BCUT2D eigenvalue weighted by Crippen LogP contribution is -2.61. The van der Waals surface area contributed by atoms with Gasteiger partial charge in [0.05, 0.1) is 31.5 Å². The number of aliphatic hydroxyl groups excluding tert-OH is 2. The summed E-state index contributed by atoms with van der Waals surface area (Å²) >= 11 is 0. The largest absolute Gasteiger partial charge is 0.497 e. The minimum atomic E-state index is -2.43. The normalized spacial score (nSPS) is 37.5. The molecule has 15 nitrogen and oxygen atoms in total. The molecule has 3 fully saturated rings. The minimum Gasteiger partial charge on any atom is -0.497 e. The lowest BCUT2D eigenvalue weighted by Gasteiger charge is -2.43. The molecule has 1 amide bonds. The molecule has 1 saturated carbocycles. The van der Waals surface area contributed by atoms with Crippen LogP contribution in [0.1, 0.15) is 125 Å². The van der Waals surface area contributed by atoms with Crippen molar-refractivity contribution >= 4 is 29.1 Å². The number of piperidine rings is 1. The fourth-order valence-electron chi connectivity index (χ4n) is 11.3. The number of aliphatic hydroxyl groups is 3. The number of hydrogen-bond donors (Lipinski definition) is 4. The van der Waals surface area contributed by atoms with Gasteiger partial charge < -0.3 is 54.5 Å². The van der Waals surface area contributed by atoms with Crippen molar-refractivity contribution in [3.63, 3.8) is 0 Å². The van der Waals surface area contributed by atoms with Gasteiger partial charge in [-0.25, -0.2) is 4.79 Å². The number of allylic oxidation sites excluding steroid dienone is 5. The summed E-state index contributed by atoms with van der Waals surface area (Å²) in [5.41, 5.74) is 9.05. The second-order valence-corrected chi connectivity index (χ2v) is 21.5. The molecule has 402 valence electrons. The zero-order valence-corrected chi connectivity index (χ0v) is 44.7. The summed E-state index contributed by atoms with van der Waals surface area (Å²) in [4.78, 5) is 60.8. The smallest absolute Gasteiger partial charge is 0.329 e. The number of methoxy groups -OCH3 is 3. The number of cyclic esters (lactones) is 1. The number of carbonyl (C=O) groups is 4. The zero-order chi connectivity index (χ0) is 52.9. The van der Waals surface area contributed by atoms with Crippen molar-refractivity contribution in [1.29, 1.82) is 0 Å². The number of amides is 1. The first-order chi connectivity index (χ1) is 34.2. The molecule has 1 aromatic rings. The Labute approximate surface area is 429 Å². The van der Waals surface area contributed by atoms with Crippen LogP contribution in [-0.2, 0) is 38.1 Å². The van der Waals surface area contributed by atoms with E-state index in [1.54, 1.807) is 34.1 Å². The number of carbonyl (C=O) groups excluding carboxylic acids is 4. The average Bonchev–Trinajstić information content (AvgIpc) is 3.37. The van der Waals surface area contributed by atoms with Gasteiger partial charge in [-0.05, 0) is 133 Å². The maximum atomic E-state index is 14.5. The standard InChI is InChI=1S/C57H87N3O12/c1-35-17-12-11-13-18-36(2)47(59(7)43-19-16-20-44(33-43)68-8)34-45-25-22-40(6)57(67,72-45)54(64)55(65)60-28-15-14-21-46(60)56(66)71-49(37(3)30-41-23-26-48(61)50(32-41)69-9)27-24-42(58)31-39(5)52(63)53(70-10)51(62)38(4)29-35/h11-13,16-20,31,33,35,37-38,40-42,45-50,52-53,61,63,67H,14-15,21-30,32,34,58H2,1-10H3/b13-11+,17-12+,36-18+,39-31+/t35-,37-,38?,40?,41?,42+,45+,46?,47?,48-,49+,50?,52?,53+,57?/m1/s1. The molecule has 15 atom stereocenters. The Balaban J connectivity index is 1.50. The molecule has 3 aliphatic heterocycles. The molecule has 5 rings (SSSR count). The highest BCUT2D eigenvalue weighted by molar-refractivity contribution is 6.39. The van der Waals surface area contributed by atoms with E-state index < -0.39 is 77.9 Å². The molecule has 5 N–H and O–H groups in total. The number of likely N-dealkylation sites (N-methyl/N-ethyl adjacent to an activating group) is 1. The van der Waals surface area contributed by atoms with E-state index >= 15 is 0 Å². The van der Waals surface area contributed by atoms with E-state index in [-0.39, 0.29) is 48.6 Å². The summed E-state index contributed by atoms with van der Waals surface area (Å²) in [6.45, 7) is 11.5. The molecule has 2 saturated heterocycles. The summed E-state index contributed by atoms with van der Waals surface area (Å²) in [7, 11) is 6.60. The fourth-order valence-corrected chi connectivity index (χ4v) is 11.3. The summed E-state index contributed by atoms with van der Waals surface area (Å²) in [6.07, 6.45) is 13.9. The van der Waals surface area contributed by atoms with E-state index in [1.165, 1.54) is 12.0 Å². The lowest BCUT2D eigenvalue weighted by molar-refractivity contribution is -0.263. The van der Waals surface area contributed by atoms with Gasteiger partial charge in [0.1, 0.15) is 30.1 Å². The maximum Gasteiger partial charge on any atom is 0.329 e. The highest BCUT2D eigenvalue weighted by Gasteiger charge is 2.53. The monoisotopic (exact) mass is 1010 g/mol. The van der Waals surface area contributed by atoms with Gasteiger partial charge in [-0.15, -0.1) is 0 Å². The van der Waals surface area contributed by atoms with Crippen LogP contribution in [0, 0.1) is 29.6 Å². The Kier molecular flexibility index (Phi) is 22.3. The number of benzene rings is 1. The van der Waals surface area contributed by atoms with Crippen LogP contribution in [0.25, 0.3) is 0 Å². The molecular weight excluding hydrogens is 919 g/mol. The first-order valence-corrected chi connectivity index (χ1v) is 26.5. The second-order valence-electron chi connectivity index (χ2n) is 21.5. The molecule has 0 radical (unpaired) electrons. The molecule has 3 heterocycles. The Morgan fingerprint density at radius 1 is 0.889 bits per heavy atom. The van der Waals surface area contributed by atoms with Gasteiger partial charge in [-0.2, -0.15) is 0 Å². The second kappa shape index (κ2) is 27.4. The molecule has 1 aliphatic carbocycles. The summed E-state index contributed by atoms with van der Waals surface area (Å²) in [5.74, 6) is -5.76. The van der Waals surface area contributed by atoms with Crippen LogP contribution in [0.5, 0.6) is 5.75 Å². The van der Waals surface area contributed by atoms with E-state index in [0.717, 1.165) is 17.7 Å². The number of nitrogens with zero attached hydrogens (tertiary/aromatic N) is 2. The van der Waals surface area contributed by atoms with Gasteiger partial charge in [0.15, 0.2) is 5.78 Å². The van der Waals surface area contributed by atoms with Crippen LogP contribution in [0.15, 0.2) is 71.9 Å². The fraction of sp³-hybridized carbons (Fsp3) is 0.684. The summed E-state index contributed by atoms with van der Waals surface area (Å²) in [6, 6.07) is 5.77. The SMILES string of the molecule is COc1cccc(N(C)C2C[C@@H]3CCC(C)C(O)(O3)C(=O)C(=O)N3CCCCC3C(=O)O[C@H]([C@H](C)CC3CC[C@@H](O)C(OC)C3)CC[C@H](N)/C=C(\C)C(O)[C@@H](OC)C(=O)C(C)C[C@H](C)/C=C/C=C/C=C/2C)c1. The quantitative estimate of drug-likeness (QED) is 0.116. The van der Waals surface area contributed by atoms with Gasteiger partial charge in [0.2, 0.25) is 5.79 Å². The Hall–Kier alpha value is -4.22. The molecule has 2 bridgehead atoms. The van der Waals surface area contributed by atoms with Crippen LogP contribution in [0.4, 0.5) is 5.69 Å². The number of ether oxygens (including phenoxy) is 5. The van der Waals surface area contributed by atoms with E-state index in [0.29, 0.717) is 82.0 Å². The third-order valence-electron chi connectivity index (χ3n) is 16.0. The zero-order valence-electron chi connectivity index (χ0n) is 44.7. The van der Waals surface area contributed by atoms with E-state index in [2.05, 4.69) is 4.90 Å². The molecule has 8 unspecified atom stereocenters. The van der Waals surface area contributed by atoms with Crippen LogP contribution < -0.4 is 15.4 Å². The van der Waals surface area contributed by atoms with Crippen molar-refractivity contribution in [3.05, 3.63) is 71.9 Å². The molecule has 15 heteroatoms. The molecule has 72 heavy (non-hydrogen) atoms. The molecular formula is C57H87N3O12. The van der Waals surface area contributed by atoms with Crippen molar-refractivity contribution < 1.29 is 58.2 Å². The van der Waals surface area contributed by atoms with Crippen molar-refractivity contribution in [3.8, 4) is 5.75 Å². The topological polar surface area (TPSA) is 208 Å². The van der Waals surface area contributed by atoms with Gasteiger partial charge in [-0.3, -0.25) is 14.4 Å². The van der Waals surface area contributed by atoms with Gasteiger partial charge in [0, 0.05) is 57.4 Å². The predicted octanol–water partition coefficient (Wildman–Crippen LogP) is 7.19. The van der Waals surface area contributed by atoms with Gasteiger partial charge >= 0.3 is 5.97 Å². The van der Waals surface area contributed by atoms with Crippen LogP contribution >= 0.6 is 0 Å². The number of Topliss-reactive ketones (excluding diaryl/α,β-unsaturated/α-hetero) is 2. The summed E-state index contributed by atoms with van der Waals surface area (Å²) < 4.78 is 29.6. The van der Waals surface area contributed by atoms with Crippen LogP contribution in [-0.4, -0.2) is 139 Å². The molecule has 0 aromatic heterocycles.